The summed E-state index contributed by atoms with van der Waals surface area (Å²) in [6.07, 6.45) is -3.22. The molecule has 0 aromatic rings. The predicted molar refractivity (Wildman–Crippen MR) is 33.9 cm³/mol. The third-order valence-electron chi connectivity index (χ3n) is 0.803. The lowest BCUT2D eigenvalue weighted by molar-refractivity contribution is -0.165. The van der Waals surface area contributed by atoms with Crippen LogP contribution < -0.4 is 0 Å². The summed E-state index contributed by atoms with van der Waals surface area (Å²) >= 11 is 0. The summed E-state index contributed by atoms with van der Waals surface area (Å²) in [5, 5.41) is 0. The second-order valence-corrected chi connectivity index (χ2v) is 2.14. The normalized spacial score (nSPS) is 12.1. The Hall–Kier alpha value is -1.00. The lowest BCUT2D eigenvalue weighted by Gasteiger charge is -2.03. The van der Waals surface area contributed by atoms with Crippen LogP contribution in [0.25, 0.3) is 0 Å². The smallest absolute Gasteiger partial charge is 0.383 e. The van der Waals surface area contributed by atoms with Gasteiger partial charge in [0, 0.05) is 26.4 Å². The zero-order valence-electron chi connectivity index (χ0n) is 6.14. The fourth-order valence-electron chi connectivity index (χ4n) is 0.311. The maximum Gasteiger partial charge on any atom is 0.454 e. The SMILES string of the molecule is CN(C)/C=C/C(=O)C(F)(F)F. The average molecular weight is 167 g/mol. The van der Waals surface area contributed by atoms with Crippen molar-refractivity contribution in [2.45, 2.75) is 6.18 Å². The van der Waals surface area contributed by atoms with Crippen molar-refractivity contribution in [1.82, 2.24) is 4.90 Å². The molecule has 0 rings (SSSR count). The fraction of sp³-hybridized carbons (Fsp3) is 0.500. The summed E-state index contributed by atoms with van der Waals surface area (Å²) in [4.78, 5) is 11.5. The number of carbonyl (C=O) groups is 1. The molecule has 0 aromatic heterocycles. The highest BCUT2D eigenvalue weighted by Crippen LogP contribution is 2.16. The van der Waals surface area contributed by atoms with Crippen molar-refractivity contribution >= 4 is 5.78 Å². The quantitative estimate of drug-likeness (QED) is 0.576. The molecule has 5 heteroatoms. The molecule has 0 heterocycles. The minimum absolute atomic E-state index is 0.486. The minimum Gasteiger partial charge on any atom is -0.383 e. The van der Waals surface area contributed by atoms with Crippen LogP contribution in [0.5, 0.6) is 0 Å². The van der Waals surface area contributed by atoms with Gasteiger partial charge in [-0.2, -0.15) is 13.2 Å². The summed E-state index contributed by atoms with van der Waals surface area (Å²) in [5.41, 5.74) is 0. The van der Waals surface area contributed by atoms with Gasteiger partial charge in [0.1, 0.15) is 0 Å². The van der Waals surface area contributed by atoms with Crippen molar-refractivity contribution in [2.75, 3.05) is 14.1 Å². The fourth-order valence-corrected chi connectivity index (χ4v) is 0.311. The number of rotatable bonds is 2. The molecule has 2 nitrogen and oxygen atoms in total. The Labute approximate surface area is 62.3 Å². The molecule has 0 atom stereocenters. The second-order valence-electron chi connectivity index (χ2n) is 2.14. The molecule has 0 amide bonds. The first-order chi connectivity index (χ1) is 4.84. The van der Waals surface area contributed by atoms with Crippen molar-refractivity contribution in [2.24, 2.45) is 0 Å². The largest absolute Gasteiger partial charge is 0.454 e. The van der Waals surface area contributed by atoms with Gasteiger partial charge in [0.15, 0.2) is 0 Å². The van der Waals surface area contributed by atoms with Crippen LogP contribution in [0.4, 0.5) is 13.2 Å². The molecule has 0 N–H and O–H groups in total. The van der Waals surface area contributed by atoms with Gasteiger partial charge in [0.2, 0.25) is 0 Å². The highest BCUT2D eigenvalue weighted by Gasteiger charge is 2.35. The van der Waals surface area contributed by atoms with Crippen molar-refractivity contribution in [3.63, 3.8) is 0 Å². The molecule has 0 spiro atoms. The zero-order valence-corrected chi connectivity index (χ0v) is 6.14. The van der Waals surface area contributed by atoms with Crippen LogP contribution >= 0.6 is 0 Å². The Kier molecular flexibility index (Phi) is 3.10. The van der Waals surface area contributed by atoms with E-state index in [2.05, 4.69) is 0 Å². The summed E-state index contributed by atoms with van der Waals surface area (Å²) in [6.45, 7) is 0. The van der Waals surface area contributed by atoms with E-state index in [0.717, 1.165) is 6.20 Å². The number of ketones is 1. The standard InChI is InChI=1S/C6H8F3NO/c1-10(2)4-3-5(11)6(7,8)9/h3-4H,1-2H3/b4-3+. The number of halogens is 3. The molecule has 0 saturated carbocycles. The van der Waals surface area contributed by atoms with Gasteiger partial charge < -0.3 is 4.90 Å². The lowest BCUT2D eigenvalue weighted by Crippen LogP contribution is -2.20. The Morgan fingerprint density at radius 1 is 1.36 bits per heavy atom. The third-order valence-corrected chi connectivity index (χ3v) is 0.803. The van der Waals surface area contributed by atoms with Gasteiger partial charge in [0.05, 0.1) is 0 Å². The first-order valence-electron chi connectivity index (χ1n) is 2.80. The molecule has 0 aliphatic carbocycles. The summed E-state index contributed by atoms with van der Waals surface area (Å²) in [6, 6.07) is 0. The van der Waals surface area contributed by atoms with Crippen LogP contribution in [0, 0.1) is 0 Å². The number of carbonyl (C=O) groups excluding carboxylic acids is 1. The number of hydrogen-bond donors (Lipinski definition) is 0. The van der Waals surface area contributed by atoms with E-state index >= 15 is 0 Å². The molecule has 0 saturated heterocycles. The minimum atomic E-state index is -4.76. The van der Waals surface area contributed by atoms with Gasteiger partial charge in [-0.05, 0) is 0 Å². The van der Waals surface area contributed by atoms with Gasteiger partial charge in [-0.15, -0.1) is 0 Å². The van der Waals surface area contributed by atoms with Gasteiger partial charge in [0.25, 0.3) is 5.78 Å². The molecule has 0 radical (unpaired) electrons. The Bertz CT molecular complexity index is 171. The Balaban J connectivity index is 4.09. The summed E-state index contributed by atoms with van der Waals surface area (Å²) in [5.74, 6) is -1.84. The zero-order chi connectivity index (χ0) is 9.07. The highest BCUT2D eigenvalue weighted by molar-refractivity contribution is 5.94. The second kappa shape index (κ2) is 3.41. The van der Waals surface area contributed by atoms with Crippen molar-refractivity contribution < 1.29 is 18.0 Å². The number of hydrogen-bond acceptors (Lipinski definition) is 2. The molecule has 0 unspecified atom stereocenters. The van der Waals surface area contributed by atoms with Crippen molar-refractivity contribution in [3.8, 4) is 0 Å². The van der Waals surface area contributed by atoms with E-state index in [0.29, 0.717) is 6.08 Å². The van der Waals surface area contributed by atoms with Crippen molar-refractivity contribution in [1.29, 1.82) is 0 Å². The first-order valence-corrected chi connectivity index (χ1v) is 2.80. The average Bonchev–Trinajstić information content (AvgIpc) is 1.80. The summed E-state index contributed by atoms with van der Waals surface area (Å²) < 4.78 is 34.4. The maximum atomic E-state index is 11.5. The van der Waals surface area contributed by atoms with Gasteiger partial charge in [-0.25, -0.2) is 0 Å². The van der Waals surface area contributed by atoms with Crippen LogP contribution in [0.2, 0.25) is 0 Å². The number of alkyl halides is 3. The molecule has 0 aliphatic rings. The predicted octanol–water partition coefficient (Wildman–Crippen LogP) is 1.19. The number of allylic oxidation sites excluding steroid dienone is 1. The monoisotopic (exact) mass is 167 g/mol. The van der Waals surface area contributed by atoms with E-state index in [9.17, 15) is 18.0 Å². The Morgan fingerprint density at radius 2 is 1.82 bits per heavy atom. The molecule has 0 aliphatic heterocycles. The highest BCUT2D eigenvalue weighted by atomic mass is 19.4. The van der Waals surface area contributed by atoms with Crippen LogP contribution in [0.1, 0.15) is 0 Å². The van der Waals surface area contributed by atoms with E-state index in [1.165, 1.54) is 19.0 Å². The molecule has 0 aromatic carbocycles. The van der Waals surface area contributed by atoms with Gasteiger partial charge >= 0.3 is 6.18 Å². The first kappa shape index (κ1) is 10.0. The van der Waals surface area contributed by atoms with Crippen LogP contribution in [-0.2, 0) is 4.79 Å². The lowest BCUT2D eigenvalue weighted by atomic mass is 10.4. The molecule has 64 valence electrons. The van der Waals surface area contributed by atoms with E-state index in [-0.39, 0.29) is 0 Å². The topological polar surface area (TPSA) is 20.3 Å². The van der Waals surface area contributed by atoms with E-state index in [1.54, 1.807) is 0 Å². The van der Waals surface area contributed by atoms with Crippen LogP contribution in [-0.4, -0.2) is 31.0 Å². The molecule has 11 heavy (non-hydrogen) atoms. The van der Waals surface area contributed by atoms with E-state index < -0.39 is 12.0 Å². The maximum absolute atomic E-state index is 11.5. The molecular formula is C6H8F3NO. The summed E-state index contributed by atoms with van der Waals surface area (Å²) in [7, 11) is 3.06. The van der Waals surface area contributed by atoms with Gasteiger partial charge in [-0.1, -0.05) is 0 Å². The molecule has 0 bridgehead atoms. The van der Waals surface area contributed by atoms with Crippen molar-refractivity contribution in [3.05, 3.63) is 12.3 Å². The van der Waals surface area contributed by atoms with E-state index in [4.69, 9.17) is 0 Å². The number of nitrogens with zero attached hydrogens (tertiary/aromatic N) is 1. The molecular weight excluding hydrogens is 159 g/mol. The van der Waals surface area contributed by atoms with E-state index in [1.807, 2.05) is 0 Å². The molecule has 0 fully saturated rings. The third kappa shape index (κ3) is 4.41. The van der Waals surface area contributed by atoms with Gasteiger partial charge in [-0.3, -0.25) is 4.79 Å². The van der Waals surface area contributed by atoms with Crippen LogP contribution in [0.15, 0.2) is 12.3 Å². The van der Waals surface area contributed by atoms with Crippen LogP contribution in [0.3, 0.4) is 0 Å². The Morgan fingerprint density at radius 3 is 2.09 bits per heavy atom.